The maximum Gasteiger partial charge on any atom is 0.248 e. The Labute approximate surface area is 131 Å². The van der Waals surface area contributed by atoms with E-state index in [0.717, 1.165) is 0 Å². The quantitative estimate of drug-likeness (QED) is 0.906. The number of anilines is 1. The molecule has 0 atom stereocenters. The summed E-state index contributed by atoms with van der Waals surface area (Å²) in [5.41, 5.74) is 6.66. The van der Waals surface area contributed by atoms with Crippen LogP contribution in [0.15, 0.2) is 42.5 Å². The summed E-state index contributed by atoms with van der Waals surface area (Å²) in [4.78, 5) is 22.9. The Morgan fingerprint density at radius 1 is 1.00 bits per heavy atom. The molecule has 0 fully saturated rings. The molecule has 0 bridgehead atoms. The Bertz CT molecular complexity index is 664. The van der Waals surface area contributed by atoms with Crippen molar-refractivity contribution >= 4 is 40.7 Å². The molecular weight excluding hydrogens is 311 g/mol. The standard InChI is InChI=1S/C15H12Cl2N2O2/c16-12-2-1-3-13(17)11(12)8-14(20)19-10-6-4-9(5-7-10)15(18)21/h1-7H,8H2,(H2,18,21)(H,19,20). The van der Waals surface area contributed by atoms with E-state index in [-0.39, 0.29) is 12.3 Å². The molecule has 3 N–H and O–H groups in total. The molecule has 2 aromatic rings. The maximum atomic E-state index is 12.0. The SMILES string of the molecule is NC(=O)c1ccc(NC(=O)Cc2c(Cl)cccc2Cl)cc1. The number of carbonyl (C=O) groups excluding carboxylic acids is 2. The van der Waals surface area contributed by atoms with Gasteiger partial charge in [0.05, 0.1) is 6.42 Å². The number of nitrogens with two attached hydrogens (primary N) is 1. The number of hydrogen-bond acceptors (Lipinski definition) is 2. The molecule has 21 heavy (non-hydrogen) atoms. The summed E-state index contributed by atoms with van der Waals surface area (Å²) in [6.45, 7) is 0. The van der Waals surface area contributed by atoms with E-state index in [4.69, 9.17) is 28.9 Å². The fraction of sp³-hybridized carbons (Fsp3) is 0.0667. The van der Waals surface area contributed by atoms with Gasteiger partial charge in [-0.25, -0.2) is 0 Å². The first-order valence-electron chi connectivity index (χ1n) is 6.10. The van der Waals surface area contributed by atoms with Crippen molar-refractivity contribution in [2.45, 2.75) is 6.42 Å². The zero-order chi connectivity index (χ0) is 15.4. The lowest BCUT2D eigenvalue weighted by molar-refractivity contribution is -0.115. The van der Waals surface area contributed by atoms with E-state index in [1.807, 2.05) is 0 Å². The smallest absolute Gasteiger partial charge is 0.248 e. The third kappa shape index (κ3) is 3.97. The van der Waals surface area contributed by atoms with Crippen molar-refractivity contribution in [3.63, 3.8) is 0 Å². The first-order valence-corrected chi connectivity index (χ1v) is 6.85. The zero-order valence-corrected chi connectivity index (χ0v) is 12.4. The van der Waals surface area contributed by atoms with Crippen LogP contribution >= 0.6 is 23.2 Å². The second kappa shape index (κ2) is 6.61. The van der Waals surface area contributed by atoms with Gasteiger partial charge in [0.1, 0.15) is 0 Å². The van der Waals surface area contributed by atoms with Gasteiger partial charge in [-0.2, -0.15) is 0 Å². The molecule has 0 radical (unpaired) electrons. The molecule has 0 aliphatic rings. The molecule has 0 unspecified atom stereocenters. The van der Waals surface area contributed by atoms with Crippen molar-refractivity contribution < 1.29 is 9.59 Å². The van der Waals surface area contributed by atoms with Crippen molar-refractivity contribution in [3.8, 4) is 0 Å². The number of rotatable bonds is 4. The minimum atomic E-state index is -0.518. The predicted octanol–water partition coefficient (Wildman–Crippen LogP) is 3.27. The van der Waals surface area contributed by atoms with E-state index >= 15 is 0 Å². The Balaban J connectivity index is 2.06. The number of nitrogens with one attached hydrogen (secondary N) is 1. The van der Waals surface area contributed by atoms with Gasteiger partial charge in [-0.05, 0) is 42.0 Å². The van der Waals surface area contributed by atoms with E-state index in [2.05, 4.69) is 5.32 Å². The van der Waals surface area contributed by atoms with Gasteiger partial charge in [-0.15, -0.1) is 0 Å². The molecule has 0 heterocycles. The van der Waals surface area contributed by atoms with Crippen LogP contribution in [0.3, 0.4) is 0 Å². The Kier molecular flexibility index (Phi) is 4.83. The summed E-state index contributed by atoms with van der Waals surface area (Å²) in [6.07, 6.45) is 0.0656. The van der Waals surface area contributed by atoms with Gasteiger partial charge >= 0.3 is 0 Å². The lowest BCUT2D eigenvalue weighted by Gasteiger charge is -2.08. The van der Waals surface area contributed by atoms with Crippen LogP contribution in [0.2, 0.25) is 10.0 Å². The number of carbonyl (C=O) groups is 2. The Morgan fingerprint density at radius 3 is 2.10 bits per heavy atom. The van der Waals surface area contributed by atoms with Crippen LogP contribution in [0, 0.1) is 0 Å². The highest BCUT2D eigenvalue weighted by Gasteiger charge is 2.11. The molecule has 2 aromatic carbocycles. The van der Waals surface area contributed by atoms with Gasteiger partial charge in [0.15, 0.2) is 0 Å². The van der Waals surface area contributed by atoms with Crippen LogP contribution in [-0.2, 0) is 11.2 Å². The van der Waals surface area contributed by atoms with E-state index in [1.54, 1.807) is 42.5 Å². The molecule has 2 amide bonds. The summed E-state index contributed by atoms with van der Waals surface area (Å²) >= 11 is 12.0. The summed E-state index contributed by atoms with van der Waals surface area (Å²) in [7, 11) is 0. The van der Waals surface area contributed by atoms with Crippen molar-refractivity contribution in [1.29, 1.82) is 0 Å². The molecule has 108 valence electrons. The van der Waals surface area contributed by atoms with Gasteiger partial charge in [-0.3, -0.25) is 9.59 Å². The van der Waals surface area contributed by atoms with Crippen molar-refractivity contribution in [3.05, 3.63) is 63.6 Å². The van der Waals surface area contributed by atoms with Gasteiger partial charge in [0.2, 0.25) is 11.8 Å². The summed E-state index contributed by atoms with van der Waals surface area (Å²) in [5, 5.41) is 3.59. The highest BCUT2D eigenvalue weighted by atomic mass is 35.5. The van der Waals surface area contributed by atoms with Crippen LogP contribution in [-0.4, -0.2) is 11.8 Å². The molecular formula is C15H12Cl2N2O2. The minimum Gasteiger partial charge on any atom is -0.366 e. The van der Waals surface area contributed by atoms with E-state index in [9.17, 15) is 9.59 Å². The van der Waals surface area contributed by atoms with Crippen molar-refractivity contribution in [1.82, 2.24) is 0 Å². The topological polar surface area (TPSA) is 72.2 Å². The van der Waals surface area contributed by atoms with E-state index in [1.165, 1.54) is 0 Å². The van der Waals surface area contributed by atoms with Gasteiger partial charge in [-0.1, -0.05) is 29.3 Å². The first kappa shape index (κ1) is 15.4. The zero-order valence-electron chi connectivity index (χ0n) is 10.9. The summed E-state index contributed by atoms with van der Waals surface area (Å²) < 4.78 is 0. The molecule has 0 saturated carbocycles. The van der Waals surface area contributed by atoms with Crippen LogP contribution in [0.5, 0.6) is 0 Å². The van der Waals surface area contributed by atoms with Crippen LogP contribution in [0.1, 0.15) is 15.9 Å². The molecule has 0 saturated heterocycles. The van der Waals surface area contributed by atoms with Crippen molar-refractivity contribution in [2.24, 2.45) is 5.73 Å². The second-order valence-electron chi connectivity index (χ2n) is 4.37. The normalized spacial score (nSPS) is 10.2. The fourth-order valence-electron chi connectivity index (χ4n) is 1.78. The number of primary amides is 1. The summed E-state index contributed by atoms with van der Waals surface area (Å²) in [6, 6.07) is 11.4. The average Bonchev–Trinajstić information content (AvgIpc) is 2.43. The predicted molar refractivity (Wildman–Crippen MR) is 83.8 cm³/mol. The average molecular weight is 323 g/mol. The van der Waals surface area contributed by atoms with Crippen LogP contribution < -0.4 is 11.1 Å². The first-order chi connectivity index (χ1) is 9.97. The summed E-state index contributed by atoms with van der Waals surface area (Å²) in [5.74, 6) is -0.771. The fourth-order valence-corrected chi connectivity index (χ4v) is 2.32. The number of halogens is 2. The monoisotopic (exact) mass is 322 g/mol. The van der Waals surface area contributed by atoms with Gasteiger partial charge in [0.25, 0.3) is 0 Å². The van der Waals surface area contributed by atoms with Crippen LogP contribution in [0.4, 0.5) is 5.69 Å². The molecule has 0 aliphatic carbocycles. The molecule has 0 aliphatic heterocycles. The molecule has 4 nitrogen and oxygen atoms in total. The third-order valence-electron chi connectivity index (χ3n) is 2.85. The third-order valence-corrected chi connectivity index (χ3v) is 3.56. The molecule has 0 spiro atoms. The number of amides is 2. The lowest BCUT2D eigenvalue weighted by Crippen LogP contribution is -2.15. The maximum absolute atomic E-state index is 12.0. The Morgan fingerprint density at radius 2 is 1.57 bits per heavy atom. The van der Waals surface area contributed by atoms with Gasteiger partial charge in [0, 0.05) is 21.3 Å². The lowest BCUT2D eigenvalue weighted by atomic mass is 10.1. The molecule has 2 rings (SSSR count). The Hall–Kier alpha value is -2.04. The van der Waals surface area contributed by atoms with E-state index < -0.39 is 5.91 Å². The van der Waals surface area contributed by atoms with E-state index in [0.29, 0.717) is 26.9 Å². The second-order valence-corrected chi connectivity index (χ2v) is 5.18. The highest BCUT2D eigenvalue weighted by molar-refractivity contribution is 6.36. The highest BCUT2D eigenvalue weighted by Crippen LogP contribution is 2.25. The minimum absolute atomic E-state index is 0.0656. The molecule has 0 aromatic heterocycles. The van der Waals surface area contributed by atoms with Crippen LogP contribution in [0.25, 0.3) is 0 Å². The molecule has 6 heteroatoms. The van der Waals surface area contributed by atoms with Crippen molar-refractivity contribution in [2.75, 3.05) is 5.32 Å². The number of benzene rings is 2. The number of hydrogen-bond donors (Lipinski definition) is 2. The van der Waals surface area contributed by atoms with Gasteiger partial charge < -0.3 is 11.1 Å². The largest absolute Gasteiger partial charge is 0.366 e.